The fourth-order valence-electron chi connectivity index (χ4n) is 11.1. The third-order valence-electron chi connectivity index (χ3n) is 13.3. The number of fused-ring (bicyclic) bond motifs is 5. The minimum Gasteiger partial charge on any atom is -0.393 e. The van der Waals surface area contributed by atoms with Gasteiger partial charge in [-0.25, -0.2) is 0 Å². The SMILES string of the molecule is CC1(C2CC[C@]3(C)C2[C@H](O)CC2[C@@]4(C)CC[C@@H](O)C(C)(C)C4CC[C@]23C)CC[C@@H](C(C)(C)O)O1. The first-order chi connectivity index (χ1) is 15.5. The molecule has 1 saturated heterocycles. The van der Waals surface area contributed by atoms with Crippen molar-refractivity contribution < 1.29 is 20.1 Å². The van der Waals surface area contributed by atoms with E-state index in [2.05, 4.69) is 41.5 Å². The maximum absolute atomic E-state index is 11.9. The Labute approximate surface area is 208 Å². The molecule has 4 aliphatic carbocycles. The Bertz CT molecular complexity index is 817. The molecule has 1 heterocycles. The first-order valence-corrected chi connectivity index (χ1v) is 14.3. The molecule has 196 valence electrons. The fourth-order valence-corrected chi connectivity index (χ4v) is 11.1. The first-order valence-electron chi connectivity index (χ1n) is 14.3. The summed E-state index contributed by atoms with van der Waals surface area (Å²) in [7, 11) is 0. The van der Waals surface area contributed by atoms with E-state index in [4.69, 9.17) is 4.74 Å². The zero-order valence-corrected chi connectivity index (χ0v) is 23.2. The summed E-state index contributed by atoms with van der Waals surface area (Å²) in [6.45, 7) is 18.1. The summed E-state index contributed by atoms with van der Waals surface area (Å²) in [5.74, 6) is 1.59. The normalized spacial score (nSPS) is 57.1. The van der Waals surface area contributed by atoms with Gasteiger partial charge in [-0.05, 0) is 124 Å². The highest BCUT2D eigenvalue weighted by Gasteiger charge is 2.71. The van der Waals surface area contributed by atoms with Crippen LogP contribution in [0, 0.1) is 45.3 Å². The van der Waals surface area contributed by atoms with E-state index >= 15 is 0 Å². The van der Waals surface area contributed by atoms with Gasteiger partial charge in [0.15, 0.2) is 0 Å². The predicted octanol–water partition coefficient (Wildman–Crippen LogP) is 5.71. The highest BCUT2D eigenvalue weighted by Crippen LogP contribution is 2.76. The molecular formula is C30H52O4. The van der Waals surface area contributed by atoms with Gasteiger partial charge in [0.25, 0.3) is 0 Å². The molecule has 0 radical (unpaired) electrons. The van der Waals surface area contributed by atoms with E-state index < -0.39 is 5.60 Å². The maximum atomic E-state index is 11.9. The van der Waals surface area contributed by atoms with Crippen molar-refractivity contribution >= 4 is 0 Å². The molecule has 0 spiro atoms. The molecule has 5 rings (SSSR count). The minimum absolute atomic E-state index is 0.0630. The van der Waals surface area contributed by atoms with Gasteiger partial charge in [-0.15, -0.1) is 0 Å². The van der Waals surface area contributed by atoms with E-state index in [1.807, 2.05) is 13.8 Å². The molecule has 0 bridgehead atoms. The number of hydrogen-bond acceptors (Lipinski definition) is 4. The van der Waals surface area contributed by atoms with Gasteiger partial charge in [0, 0.05) is 0 Å². The first kappa shape index (κ1) is 25.5. The fraction of sp³-hybridized carbons (Fsp3) is 1.00. The lowest BCUT2D eigenvalue weighted by atomic mass is 9.35. The molecule has 1 aliphatic heterocycles. The van der Waals surface area contributed by atoms with Crippen LogP contribution < -0.4 is 0 Å². The van der Waals surface area contributed by atoms with Crippen molar-refractivity contribution in [2.24, 2.45) is 45.3 Å². The average molecular weight is 477 g/mol. The van der Waals surface area contributed by atoms with Crippen molar-refractivity contribution in [3.8, 4) is 0 Å². The zero-order chi connectivity index (χ0) is 25.1. The second-order valence-electron chi connectivity index (χ2n) is 15.4. The molecule has 0 aromatic rings. The summed E-state index contributed by atoms with van der Waals surface area (Å²) in [6.07, 6.45) is 8.72. The highest BCUT2D eigenvalue weighted by atomic mass is 16.5. The van der Waals surface area contributed by atoms with Crippen LogP contribution in [-0.2, 0) is 4.74 Å². The molecule has 4 saturated carbocycles. The molecule has 0 aromatic carbocycles. The molecule has 4 nitrogen and oxygen atoms in total. The summed E-state index contributed by atoms with van der Waals surface area (Å²) in [5.41, 5.74) is -0.703. The summed E-state index contributed by atoms with van der Waals surface area (Å²) in [5, 5.41) is 33.4. The van der Waals surface area contributed by atoms with Crippen LogP contribution in [0.1, 0.15) is 113 Å². The van der Waals surface area contributed by atoms with Gasteiger partial charge in [0.1, 0.15) is 0 Å². The molecule has 4 heteroatoms. The smallest absolute Gasteiger partial charge is 0.0865 e. The van der Waals surface area contributed by atoms with Gasteiger partial charge in [-0.2, -0.15) is 0 Å². The van der Waals surface area contributed by atoms with Crippen LogP contribution >= 0.6 is 0 Å². The van der Waals surface area contributed by atoms with Crippen molar-refractivity contribution in [3.63, 3.8) is 0 Å². The van der Waals surface area contributed by atoms with Crippen molar-refractivity contribution in [1.29, 1.82) is 0 Å². The van der Waals surface area contributed by atoms with Gasteiger partial charge in [-0.3, -0.25) is 0 Å². The largest absolute Gasteiger partial charge is 0.393 e. The maximum Gasteiger partial charge on any atom is 0.0865 e. The van der Waals surface area contributed by atoms with Crippen molar-refractivity contribution in [1.82, 2.24) is 0 Å². The van der Waals surface area contributed by atoms with Crippen LogP contribution in [0.4, 0.5) is 0 Å². The Morgan fingerprint density at radius 1 is 0.765 bits per heavy atom. The van der Waals surface area contributed by atoms with E-state index in [1.165, 1.54) is 12.8 Å². The Kier molecular flexibility index (Phi) is 5.59. The van der Waals surface area contributed by atoms with Gasteiger partial charge in [0.2, 0.25) is 0 Å². The number of rotatable bonds is 2. The summed E-state index contributed by atoms with van der Waals surface area (Å²) in [6, 6.07) is 0. The van der Waals surface area contributed by atoms with E-state index in [9.17, 15) is 15.3 Å². The molecule has 5 fully saturated rings. The van der Waals surface area contributed by atoms with Crippen LogP contribution in [0.15, 0.2) is 0 Å². The standard InChI is InChI=1S/C30H52O4/c1-25(2)20-10-15-28(6)21(27(20,5)13-11-22(25)32)17-19(31)24-18(9-14-29(24,28)7)30(8)16-12-23(34-30)26(3,4)33/h18-24,31-33H,9-17H2,1-8H3/t18?,19-,20?,21?,22-,23+,24?,27+,28-,29-,30?/m1/s1. The quantitative estimate of drug-likeness (QED) is 0.477. The summed E-state index contributed by atoms with van der Waals surface area (Å²) >= 11 is 0. The molecular weight excluding hydrogens is 424 g/mol. The number of aliphatic hydroxyl groups excluding tert-OH is 2. The molecule has 0 aromatic heterocycles. The van der Waals surface area contributed by atoms with Crippen molar-refractivity contribution in [3.05, 3.63) is 0 Å². The second-order valence-corrected chi connectivity index (χ2v) is 15.4. The van der Waals surface area contributed by atoms with E-state index in [-0.39, 0.29) is 51.5 Å². The molecule has 3 N–H and O–H groups in total. The van der Waals surface area contributed by atoms with Crippen LogP contribution in [0.3, 0.4) is 0 Å². The minimum atomic E-state index is -0.826. The summed E-state index contributed by atoms with van der Waals surface area (Å²) in [4.78, 5) is 0. The lowest BCUT2D eigenvalue weighted by Crippen LogP contribution is -2.66. The monoisotopic (exact) mass is 476 g/mol. The second kappa shape index (κ2) is 7.45. The Morgan fingerprint density at radius 2 is 1.41 bits per heavy atom. The van der Waals surface area contributed by atoms with Crippen molar-refractivity contribution in [2.75, 3.05) is 0 Å². The predicted molar refractivity (Wildman–Crippen MR) is 135 cm³/mol. The third kappa shape index (κ3) is 3.16. The molecule has 5 unspecified atom stereocenters. The lowest BCUT2D eigenvalue weighted by Gasteiger charge is -2.70. The number of aliphatic hydroxyl groups is 3. The van der Waals surface area contributed by atoms with Crippen molar-refractivity contribution in [2.45, 2.75) is 143 Å². The molecule has 11 atom stereocenters. The van der Waals surface area contributed by atoms with Crippen LogP contribution in [0.5, 0.6) is 0 Å². The lowest BCUT2D eigenvalue weighted by molar-refractivity contribution is -0.248. The number of ether oxygens (including phenoxy) is 1. The van der Waals surface area contributed by atoms with E-state index in [0.717, 1.165) is 44.9 Å². The van der Waals surface area contributed by atoms with Gasteiger partial charge in [-0.1, -0.05) is 34.6 Å². The Hall–Kier alpha value is -0.160. The van der Waals surface area contributed by atoms with Crippen LogP contribution in [-0.4, -0.2) is 44.8 Å². The average Bonchev–Trinajstić information content (AvgIpc) is 3.30. The molecule has 34 heavy (non-hydrogen) atoms. The van der Waals surface area contributed by atoms with Crippen LogP contribution in [0.25, 0.3) is 0 Å². The topological polar surface area (TPSA) is 69.9 Å². The summed E-state index contributed by atoms with van der Waals surface area (Å²) < 4.78 is 6.66. The molecule has 0 amide bonds. The zero-order valence-electron chi connectivity index (χ0n) is 23.2. The Morgan fingerprint density at radius 3 is 2.03 bits per heavy atom. The Balaban J connectivity index is 1.48. The van der Waals surface area contributed by atoms with E-state index in [0.29, 0.717) is 17.8 Å². The van der Waals surface area contributed by atoms with E-state index in [1.54, 1.807) is 0 Å². The van der Waals surface area contributed by atoms with Gasteiger partial charge >= 0.3 is 0 Å². The molecule has 5 aliphatic rings. The highest BCUT2D eigenvalue weighted by molar-refractivity contribution is 5.20. The third-order valence-corrected chi connectivity index (χ3v) is 13.3. The van der Waals surface area contributed by atoms with Gasteiger partial charge in [0.05, 0.1) is 29.5 Å². The number of hydrogen-bond donors (Lipinski definition) is 3. The van der Waals surface area contributed by atoms with Crippen LogP contribution in [0.2, 0.25) is 0 Å². The van der Waals surface area contributed by atoms with Gasteiger partial charge < -0.3 is 20.1 Å².